The van der Waals surface area contributed by atoms with Crippen LogP contribution in [0.2, 0.25) is 0 Å². The average Bonchev–Trinajstić information content (AvgIpc) is 2.57. The van der Waals surface area contributed by atoms with Crippen molar-refractivity contribution in [1.82, 2.24) is 0 Å². The first kappa shape index (κ1) is 12.2. The second-order valence-electron chi connectivity index (χ2n) is 4.78. The normalized spacial score (nSPS) is 23.3. The Morgan fingerprint density at radius 3 is 2.81 bits per heavy atom. The van der Waals surface area contributed by atoms with Gasteiger partial charge in [-0.25, -0.2) is 0 Å². The molecule has 2 rings (SSSR count). The Hall–Kier alpha value is -0.290. The molecule has 1 unspecified atom stereocenters. The van der Waals surface area contributed by atoms with Crippen molar-refractivity contribution in [2.24, 2.45) is 0 Å². The Morgan fingerprint density at radius 2 is 2.19 bits per heavy atom. The number of hydrogen-bond acceptors (Lipinski definition) is 2. The predicted molar refractivity (Wildman–Crippen MR) is 72.8 cm³/mol. The van der Waals surface area contributed by atoms with E-state index in [1.165, 1.54) is 0 Å². The largest absolute Gasteiger partial charge is 0.490 e. The molecular formula is C13H17IO2. The molecule has 0 spiro atoms. The number of halogens is 1. The molecule has 0 aromatic heterocycles. The van der Waals surface area contributed by atoms with Gasteiger partial charge in [0.25, 0.3) is 0 Å². The van der Waals surface area contributed by atoms with Crippen LogP contribution < -0.4 is 4.74 Å². The van der Waals surface area contributed by atoms with Crippen LogP contribution in [0.4, 0.5) is 0 Å². The van der Waals surface area contributed by atoms with Gasteiger partial charge in [-0.05, 0) is 61.4 Å². The molecule has 3 heteroatoms. The second kappa shape index (κ2) is 4.92. The molecule has 1 aromatic carbocycles. The summed E-state index contributed by atoms with van der Waals surface area (Å²) in [6.45, 7) is 4.93. The van der Waals surface area contributed by atoms with Gasteiger partial charge in [0.2, 0.25) is 0 Å². The van der Waals surface area contributed by atoms with E-state index in [2.05, 4.69) is 42.5 Å². The fraction of sp³-hybridized carbons (Fsp3) is 0.538. The summed E-state index contributed by atoms with van der Waals surface area (Å²) in [6.07, 6.45) is 2.45. The fourth-order valence-electron chi connectivity index (χ4n) is 1.94. The van der Waals surface area contributed by atoms with Crippen molar-refractivity contribution in [3.8, 4) is 5.75 Å². The molecule has 2 nitrogen and oxygen atoms in total. The number of ether oxygens (including phenoxy) is 2. The van der Waals surface area contributed by atoms with Crippen molar-refractivity contribution in [3.05, 3.63) is 27.8 Å². The molecule has 1 aliphatic heterocycles. The Kier molecular flexibility index (Phi) is 3.74. The molecule has 0 radical (unpaired) electrons. The number of hydrogen-bond donors (Lipinski definition) is 0. The summed E-state index contributed by atoms with van der Waals surface area (Å²) in [5, 5.41) is 0. The van der Waals surface area contributed by atoms with Crippen LogP contribution in [0.5, 0.6) is 5.75 Å². The molecule has 0 amide bonds. The van der Waals surface area contributed by atoms with E-state index < -0.39 is 0 Å². The van der Waals surface area contributed by atoms with E-state index >= 15 is 0 Å². The molecular weight excluding hydrogens is 315 g/mol. The molecule has 1 fully saturated rings. The predicted octanol–water partition coefficient (Wildman–Crippen LogP) is 3.63. The summed E-state index contributed by atoms with van der Waals surface area (Å²) in [6, 6.07) is 8.07. The van der Waals surface area contributed by atoms with Crippen LogP contribution in [0.25, 0.3) is 0 Å². The maximum Gasteiger partial charge on any atom is 0.132 e. The molecule has 0 aliphatic carbocycles. The lowest BCUT2D eigenvalue weighted by atomic mass is 10.1. The third-order valence-corrected chi connectivity index (χ3v) is 3.71. The summed E-state index contributed by atoms with van der Waals surface area (Å²) >= 11 is 2.29. The summed E-state index contributed by atoms with van der Waals surface area (Å²) in [4.78, 5) is 0. The van der Waals surface area contributed by atoms with Crippen LogP contribution in [0, 0.1) is 3.57 Å². The first-order valence-corrected chi connectivity index (χ1v) is 6.70. The first-order valence-electron chi connectivity index (χ1n) is 5.62. The number of para-hydroxylation sites is 1. The number of rotatable bonds is 3. The van der Waals surface area contributed by atoms with Gasteiger partial charge >= 0.3 is 0 Å². The zero-order valence-electron chi connectivity index (χ0n) is 9.70. The van der Waals surface area contributed by atoms with Gasteiger partial charge < -0.3 is 9.47 Å². The molecule has 88 valence electrons. The van der Waals surface area contributed by atoms with Gasteiger partial charge in [0.05, 0.1) is 15.3 Å². The zero-order chi connectivity index (χ0) is 11.6. The van der Waals surface area contributed by atoms with E-state index in [0.717, 1.165) is 22.2 Å². The van der Waals surface area contributed by atoms with Gasteiger partial charge in [0.1, 0.15) is 12.4 Å². The molecule has 1 aliphatic rings. The molecule has 16 heavy (non-hydrogen) atoms. The highest BCUT2D eigenvalue weighted by Crippen LogP contribution is 2.30. The monoisotopic (exact) mass is 332 g/mol. The summed E-state index contributed by atoms with van der Waals surface area (Å²) in [5.74, 6) is 0.955. The van der Waals surface area contributed by atoms with Crippen LogP contribution in [0.3, 0.4) is 0 Å². The second-order valence-corrected chi connectivity index (χ2v) is 5.94. The van der Waals surface area contributed by atoms with Crippen LogP contribution >= 0.6 is 22.6 Å². The highest BCUT2D eigenvalue weighted by atomic mass is 127. The summed E-state index contributed by atoms with van der Waals surface area (Å²) in [7, 11) is 0. The van der Waals surface area contributed by atoms with Crippen LogP contribution in [-0.4, -0.2) is 18.3 Å². The van der Waals surface area contributed by atoms with Crippen molar-refractivity contribution < 1.29 is 9.47 Å². The van der Waals surface area contributed by atoms with Crippen molar-refractivity contribution >= 4 is 22.6 Å². The molecule has 1 aromatic rings. The minimum Gasteiger partial charge on any atom is -0.490 e. The van der Waals surface area contributed by atoms with Crippen molar-refractivity contribution in [1.29, 1.82) is 0 Å². The molecule has 1 atom stereocenters. The quantitative estimate of drug-likeness (QED) is 0.787. The molecule has 1 saturated heterocycles. The Balaban J connectivity index is 1.87. The number of benzene rings is 1. The van der Waals surface area contributed by atoms with Crippen LogP contribution in [-0.2, 0) is 4.74 Å². The van der Waals surface area contributed by atoms with Gasteiger partial charge in [0, 0.05) is 0 Å². The minimum absolute atomic E-state index is 0.0257. The molecule has 1 heterocycles. The van der Waals surface area contributed by atoms with Crippen molar-refractivity contribution in [2.75, 3.05) is 6.61 Å². The lowest BCUT2D eigenvalue weighted by molar-refractivity contribution is -0.0327. The SMILES string of the molecule is CC1(C)CCC(COc2ccccc2I)O1. The van der Waals surface area contributed by atoms with Crippen molar-refractivity contribution in [3.63, 3.8) is 0 Å². The third kappa shape index (κ3) is 3.10. The van der Waals surface area contributed by atoms with Crippen LogP contribution in [0.15, 0.2) is 24.3 Å². The lowest BCUT2D eigenvalue weighted by Gasteiger charge is -2.19. The van der Waals surface area contributed by atoms with E-state index in [1.54, 1.807) is 0 Å². The van der Waals surface area contributed by atoms with E-state index in [0.29, 0.717) is 6.61 Å². The fourth-order valence-corrected chi connectivity index (χ4v) is 2.48. The van der Waals surface area contributed by atoms with Gasteiger partial charge in [-0.2, -0.15) is 0 Å². The Labute approximate surface area is 110 Å². The van der Waals surface area contributed by atoms with E-state index in [1.807, 2.05) is 18.2 Å². The first-order chi connectivity index (χ1) is 7.57. The minimum atomic E-state index is 0.0257. The summed E-state index contributed by atoms with van der Waals surface area (Å²) in [5.41, 5.74) is 0.0257. The highest BCUT2D eigenvalue weighted by molar-refractivity contribution is 14.1. The average molecular weight is 332 g/mol. The Bertz CT molecular complexity index is 363. The zero-order valence-corrected chi connectivity index (χ0v) is 11.9. The van der Waals surface area contributed by atoms with Crippen LogP contribution in [0.1, 0.15) is 26.7 Å². The maximum absolute atomic E-state index is 5.88. The van der Waals surface area contributed by atoms with Gasteiger partial charge in [-0.1, -0.05) is 12.1 Å². The van der Waals surface area contributed by atoms with Gasteiger partial charge in [0.15, 0.2) is 0 Å². The van der Waals surface area contributed by atoms with Gasteiger partial charge in [-0.15, -0.1) is 0 Å². The lowest BCUT2D eigenvalue weighted by Crippen LogP contribution is -2.24. The summed E-state index contributed by atoms with van der Waals surface area (Å²) < 4.78 is 12.8. The topological polar surface area (TPSA) is 18.5 Å². The van der Waals surface area contributed by atoms with E-state index in [-0.39, 0.29) is 11.7 Å². The highest BCUT2D eigenvalue weighted by Gasteiger charge is 2.31. The molecule has 0 N–H and O–H groups in total. The standard InChI is InChI=1S/C13H17IO2/c1-13(2)8-7-10(16-13)9-15-12-6-4-3-5-11(12)14/h3-6,10H,7-9H2,1-2H3. The molecule has 0 saturated carbocycles. The van der Waals surface area contributed by atoms with E-state index in [4.69, 9.17) is 9.47 Å². The third-order valence-electron chi connectivity index (χ3n) is 2.82. The smallest absolute Gasteiger partial charge is 0.132 e. The van der Waals surface area contributed by atoms with Crippen molar-refractivity contribution in [2.45, 2.75) is 38.4 Å². The Morgan fingerprint density at radius 1 is 1.44 bits per heavy atom. The van der Waals surface area contributed by atoms with Gasteiger partial charge in [-0.3, -0.25) is 0 Å². The van der Waals surface area contributed by atoms with E-state index in [9.17, 15) is 0 Å². The molecule has 0 bridgehead atoms. The maximum atomic E-state index is 5.88.